The lowest BCUT2D eigenvalue weighted by Crippen LogP contribution is -1.98. The molecule has 2 aromatic carbocycles. The van der Waals surface area contributed by atoms with Crippen molar-refractivity contribution in [3.05, 3.63) is 91.5 Å². The second-order valence-corrected chi connectivity index (χ2v) is 5.56. The number of pyridine rings is 1. The molecule has 5 heteroatoms. The van der Waals surface area contributed by atoms with Gasteiger partial charge in [0.15, 0.2) is 0 Å². The fraction of sp³-hybridized carbons (Fsp3) is 0. The molecule has 0 saturated heterocycles. The molecule has 0 radical (unpaired) electrons. The number of nitrogens with zero attached hydrogens (tertiary/aromatic N) is 3. The van der Waals surface area contributed by atoms with Gasteiger partial charge in [0.2, 0.25) is 0 Å². The van der Waals surface area contributed by atoms with Crippen molar-refractivity contribution in [2.45, 2.75) is 0 Å². The Morgan fingerprint density at radius 1 is 0.731 bits per heavy atom. The van der Waals surface area contributed by atoms with E-state index in [1.165, 1.54) is 6.33 Å². The van der Waals surface area contributed by atoms with E-state index >= 15 is 0 Å². The molecule has 0 aliphatic rings. The average Bonchev–Trinajstić information content (AvgIpc) is 2.71. The minimum Gasteiger partial charge on any atom is -0.457 e. The van der Waals surface area contributed by atoms with Gasteiger partial charge in [-0.2, -0.15) is 0 Å². The number of hydrogen-bond donors (Lipinski definition) is 1. The zero-order valence-electron chi connectivity index (χ0n) is 13.9. The Hall–Kier alpha value is -3.73. The molecule has 0 aliphatic heterocycles. The molecule has 5 nitrogen and oxygen atoms in total. The molecule has 2 heterocycles. The van der Waals surface area contributed by atoms with Crippen molar-refractivity contribution in [2.75, 3.05) is 5.32 Å². The highest BCUT2D eigenvalue weighted by atomic mass is 16.5. The van der Waals surface area contributed by atoms with Crippen LogP contribution in [0.25, 0.3) is 11.1 Å². The van der Waals surface area contributed by atoms with E-state index < -0.39 is 0 Å². The molecule has 0 spiro atoms. The van der Waals surface area contributed by atoms with E-state index in [9.17, 15) is 0 Å². The van der Waals surface area contributed by atoms with Gasteiger partial charge in [0.25, 0.3) is 0 Å². The molecule has 0 atom stereocenters. The van der Waals surface area contributed by atoms with E-state index in [2.05, 4.69) is 20.3 Å². The van der Waals surface area contributed by atoms with E-state index in [-0.39, 0.29) is 0 Å². The molecule has 0 amide bonds. The molecule has 2 aromatic heterocycles. The van der Waals surface area contributed by atoms with Crippen molar-refractivity contribution in [3.63, 3.8) is 0 Å². The SMILES string of the molecule is c1ccc(Oc2ccc(-c3cncnc3Nc3ccccn3)cc2)cc1. The summed E-state index contributed by atoms with van der Waals surface area (Å²) in [6.07, 6.45) is 5.03. The van der Waals surface area contributed by atoms with Crippen LogP contribution in [-0.2, 0) is 0 Å². The first kappa shape index (κ1) is 15.8. The van der Waals surface area contributed by atoms with Crippen LogP contribution in [0.3, 0.4) is 0 Å². The predicted molar refractivity (Wildman–Crippen MR) is 102 cm³/mol. The summed E-state index contributed by atoms with van der Waals surface area (Å²) >= 11 is 0. The highest BCUT2D eigenvalue weighted by Gasteiger charge is 2.08. The lowest BCUT2D eigenvalue weighted by Gasteiger charge is -2.11. The van der Waals surface area contributed by atoms with Gasteiger partial charge < -0.3 is 10.1 Å². The molecule has 26 heavy (non-hydrogen) atoms. The van der Waals surface area contributed by atoms with Gasteiger partial charge in [0.1, 0.15) is 29.5 Å². The van der Waals surface area contributed by atoms with Crippen LogP contribution in [0.2, 0.25) is 0 Å². The van der Waals surface area contributed by atoms with Crippen LogP contribution in [-0.4, -0.2) is 15.0 Å². The van der Waals surface area contributed by atoms with Crippen LogP contribution in [0.4, 0.5) is 11.6 Å². The summed E-state index contributed by atoms with van der Waals surface area (Å²) in [5.41, 5.74) is 1.88. The Labute approximate surface area is 151 Å². The maximum atomic E-state index is 5.84. The summed E-state index contributed by atoms with van der Waals surface area (Å²) in [4.78, 5) is 12.8. The van der Waals surface area contributed by atoms with Crippen molar-refractivity contribution < 1.29 is 4.74 Å². The van der Waals surface area contributed by atoms with Gasteiger partial charge in [-0.1, -0.05) is 36.4 Å². The van der Waals surface area contributed by atoms with Crippen LogP contribution in [0.1, 0.15) is 0 Å². The molecule has 4 aromatic rings. The molecule has 0 fully saturated rings. The Kier molecular flexibility index (Phi) is 4.52. The number of rotatable bonds is 5. The number of hydrogen-bond acceptors (Lipinski definition) is 5. The maximum Gasteiger partial charge on any atom is 0.142 e. The topological polar surface area (TPSA) is 59.9 Å². The third-order valence-corrected chi connectivity index (χ3v) is 3.77. The smallest absolute Gasteiger partial charge is 0.142 e. The van der Waals surface area contributed by atoms with Crippen molar-refractivity contribution >= 4 is 11.6 Å². The van der Waals surface area contributed by atoms with Crippen LogP contribution >= 0.6 is 0 Å². The van der Waals surface area contributed by atoms with E-state index in [1.807, 2.05) is 72.8 Å². The first-order valence-electron chi connectivity index (χ1n) is 8.20. The molecule has 126 valence electrons. The van der Waals surface area contributed by atoms with Crippen molar-refractivity contribution in [1.29, 1.82) is 0 Å². The summed E-state index contributed by atoms with van der Waals surface area (Å²) < 4.78 is 5.84. The fourth-order valence-electron chi connectivity index (χ4n) is 2.53. The molecular weight excluding hydrogens is 324 g/mol. The first-order valence-corrected chi connectivity index (χ1v) is 8.20. The number of anilines is 2. The Bertz CT molecular complexity index is 974. The van der Waals surface area contributed by atoms with Gasteiger partial charge in [-0.15, -0.1) is 0 Å². The van der Waals surface area contributed by atoms with E-state index in [0.29, 0.717) is 5.82 Å². The van der Waals surface area contributed by atoms with Gasteiger partial charge in [0, 0.05) is 18.0 Å². The monoisotopic (exact) mass is 340 g/mol. The van der Waals surface area contributed by atoms with Crippen LogP contribution in [0, 0.1) is 0 Å². The first-order chi connectivity index (χ1) is 12.9. The van der Waals surface area contributed by atoms with Gasteiger partial charge in [-0.3, -0.25) is 0 Å². The highest BCUT2D eigenvalue weighted by molar-refractivity contribution is 5.77. The standard InChI is InChI=1S/C21H16N4O/c1-2-6-17(7-3-1)26-18-11-9-16(10-12-18)19-14-22-15-24-21(19)25-20-8-4-5-13-23-20/h1-15H,(H,22,23,24,25). The highest BCUT2D eigenvalue weighted by Crippen LogP contribution is 2.29. The normalized spacial score (nSPS) is 10.3. The van der Waals surface area contributed by atoms with Gasteiger partial charge >= 0.3 is 0 Å². The molecule has 0 aliphatic carbocycles. The summed E-state index contributed by atoms with van der Waals surface area (Å²) in [5, 5.41) is 3.23. The zero-order valence-corrected chi connectivity index (χ0v) is 13.9. The van der Waals surface area contributed by atoms with Crippen molar-refractivity contribution in [2.24, 2.45) is 0 Å². The van der Waals surface area contributed by atoms with Crippen LogP contribution in [0.5, 0.6) is 11.5 Å². The minimum atomic E-state index is 0.704. The molecule has 1 N–H and O–H groups in total. The second-order valence-electron chi connectivity index (χ2n) is 5.56. The average molecular weight is 340 g/mol. The zero-order chi connectivity index (χ0) is 17.6. The quantitative estimate of drug-likeness (QED) is 0.549. The van der Waals surface area contributed by atoms with Gasteiger partial charge in [0.05, 0.1) is 0 Å². The second kappa shape index (κ2) is 7.44. The van der Waals surface area contributed by atoms with Gasteiger partial charge in [-0.05, 0) is 42.0 Å². The number of nitrogens with one attached hydrogen (secondary N) is 1. The van der Waals surface area contributed by atoms with Crippen molar-refractivity contribution in [1.82, 2.24) is 15.0 Å². The maximum absolute atomic E-state index is 5.84. The Morgan fingerprint density at radius 2 is 1.50 bits per heavy atom. The number of ether oxygens (including phenoxy) is 1. The minimum absolute atomic E-state index is 0.704. The molecule has 0 bridgehead atoms. The fourth-order valence-corrected chi connectivity index (χ4v) is 2.53. The molecule has 0 unspecified atom stereocenters. The summed E-state index contributed by atoms with van der Waals surface area (Å²) in [7, 11) is 0. The lowest BCUT2D eigenvalue weighted by atomic mass is 10.1. The lowest BCUT2D eigenvalue weighted by molar-refractivity contribution is 0.483. The molecule has 0 saturated carbocycles. The van der Waals surface area contributed by atoms with Gasteiger partial charge in [-0.25, -0.2) is 15.0 Å². The van der Waals surface area contributed by atoms with Crippen LogP contribution < -0.4 is 10.1 Å². The Balaban J connectivity index is 1.58. The number of aromatic nitrogens is 3. The van der Waals surface area contributed by atoms with E-state index in [4.69, 9.17) is 4.74 Å². The summed E-state index contributed by atoms with van der Waals surface area (Å²) in [6.45, 7) is 0. The van der Waals surface area contributed by atoms with E-state index in [1.54, 1.807) is 12.4 Å². The number of para-hydroxylation sites is 1. The number of benzene rings is 2. The largest absolute Gasteiger partial charge is 0.457 e. The van der Waals surface area contributed by atoms with Crippen LogP contribution in [0.15, 0.2) is 91.5 Å². The summed E-state index contributed by atoms with van der Waals surface area (Å²) in [6, 6.07) is 23.2. The van der Waals surface area contributed by atoms with Crippen molar-refractivity contribution in [3.8, 4) is 22.6 Å². The predicted octanol–water partition coefficient (Wildman–Crippen LogP) is 5.07. The molecular formula is C21H16N4O. The Morgan fingerprint density at radius 3 is 2.27 bits per heavy atom. The van der Waals surface area contributed by atoms with E-state index in [0.717, 1.165) is 28.4 Å². The third-order valence-electron chi connectivity index (χ3n) is 3.77. The third kappa shape index (κ3) is 3.67. The molecule has 4 rings (SSSR count). The summed E-state index contributed by atoms with van der Waals surface area (Å²) in [5.74, 6) is 3.02.